The summed E-state index contributed by atoms with van der Waals surface area (Å²) in [6, 6.07) is 0. The summed E-state index contributed by atoms with van der Waals surface area (Å²) < 4.78 is 4.68. The topological polar surface area (TPSA) is 83.9 Å². The molecule has 14 heavy (non-hydrogen) atoms. The van der Waals surface area contributed by atoms with Crippen molar-refractivity contribution >= 4 is 17.8 Å². The maximum atomic E-state index is 11.1. The van der Waals surface area contributed by atoms with Crippen molar-refractivity contribution in [2.75, 3.05) is 19.8 Å². The molecule has 78 valence electrons. The highest BCUT2D eigenvalue weighted by molar-refractivity contribution is 5.98. The minimum absolute atomic E-state index is 0.0869. The van der Waals surface area contributed by atoms with Crippen LogP contribution in [0.15, 0.2) is 0 Å². The SMILES string of the molecule is CC(CN1C(=O)COCC1=O)C(=O)O. The van der Waals surface area contributed by atoms with Crippen molar-refractivity contribution < 1.29 is 24.2 Å². The second kappa shape index (κ2) is 4.19. The monoisotopic (exact) mass is 201 g/mol. The summed E-state index contributed by atoms with van der Waals surface area (Å²) in [5.41, 5.74) is 0. The Morgan fingerprint density at radius 3 is 2.43 bits per heavy atom. The summed E-state index contributed by atoms with van der Waals surface area (Å²) >= 11 is 0. The average Bonchev–Trinajstić information content (AvgIpc) is 2.11. The number of morpholine rings is 1. The Balaban J connectivity index is 2.61. The molecule has 1 fully saturated rings. The molecule has 2 amide bonds. The molecule has 1 unspecified atom stereocenters. The second-order valence-corrected chi connectivity index (χ2v) is 3.13. The van der Waals surface area contributed by atoms with Gasteiger partial charge in [-0.3, -0.25) is 19.3 Å². The van der Waals surface area contributed by atoms with E-state index in [1.807, 2.05) is 0 Å². The fourth-order valence-electron chi connectivity index (χ4n) is 1.08. The molecule has 1 atom stereocenters. The maximum absolute atomic E-state index is 11.1. The summed E-state index contributed by atoms with van der Waals surface area (Å²) in [6.07, 6.45) is 0. The van der Waals surface area contributed by atoms with E-state index in [4.69, 9.17) is 5.11 Å². The Hall–Kier alpha value is -1.43. The van der Waals surface area contributed by atoms with E-state index < -0.39 is 23.7 Å². The first-order chi connectivity index (χ1) is 6.52. The Morgan fingerprint density at radius 1 is 1.50 bits per heavy atom. The zero-order valence-corrected chi connectivity index (χ0v) is 7.73. The van der Waals surface area contributed by atoms with E-state index in [0.717, 1.165) is 4.90 Å². The van der Waals surface area contributed by atoms with E-state index in [1.54, 1.807) is 0 Å². The van der Waals surface area contributed by atoms with Crippen LogP contribution in [0, 0.1) is 5.92 Å². The number of hydrogen-bond acceptors (Lipinski definition) is 4. The van der Waals surface area contributed by atoms with E-state index in [-0.39, 0.29) is 19.8 Å². The normalized spacial score (nSPS) is 19.6. The van der Waals surface area contributed by atoms with Gasteiger partial charge in [0.25, 0.3) is 11.8 Å². The van der Waals surface area contributed by atoms with Gasteiger partial charge >= 0.3 is 5.97 Å². The molecular weight excluding hydrogens is 190 g/mol. The van der Waals surface area contributed by atoms with Gasteiger partial charge in [-0.05, 0) is 0 Å². The lowest BCUT2D eigenvalue weighted by molar-refractivity contribution is -0.160. The van der Waals surface area contributed by atoms with Gasteiger partial charge in [0, 0.05) is 6.54 Å². The van der Waals surface area contributed by atoms with Crippen LogP contribution in [-0.2, 0) is 19.1 Å². The van der Waals surface area contributed by atoms with Crippen LogP contribution in [0.1, 0.15) is 6.92 Å². The van der Waals surface area contributed by atoms with E-state index in [9.17, 15) is 14.4 Å². The molecule has 1 aliphatic rings. The molecule has 0 aromatic carbocycles. The highest BCUT2D eigenvalue weighted by Gasteiger charge is 2.29. The third-order valence-corrected chi connectivity index (χ3v) is 1.93. The van der Waals surface area contributed by atoms with Gasteiger partial charge in [-0.25, -0.2) is 0 Å². The second-order valence-electron chi connectivity index (χ2n) is 3.13. The van der Waals surface area contributed by atoms with E-state index in [1.165, 1.54) is 6.92 Å². The number of carboxylic acids is 1. The Kier molecular flexibility index (Phi) is 3.19. The van der Waals surface area contributed by atoms with E-state index >= 15 is 0 Å². The summed E-state index contributed by atoms with van der Waals surface area (Å²) in [5.74, 6) is -2.73. The quantitative estimate of drug-likeness (QED) is 0.598. The van der Waals surface area contributed by atoms with Gasteiger partial charge in [-0.15, -0.1) is 0 Å². The van der Waals surface area contributed by atoms with E-state index in [2.05, 4.69) is 4.74 Å². The van der Waals surface area contributed by atoms with Gasteiger partial charge in [-0.1, -0.05) is 6.92 Å². The van der Waals surface area contributed by atoms with Gasteiger partial charge in [0.15, 0.2) is 0 Å². The number of amides is 2. The van der Waals surface area contributed by atoms with Crippen LogP contribution in [0.2, 0.25) is 0 Å². The molecule has 1 N–H and O–H groups in total. The zero-order chi connectivity index (χ0) is 10.7. The minimum atomic E-state index is -1.03. The van der Waals surface area contributed by atoms with Gasteiger partial charge in [0.1, 0.15) is 13.2 Å². The first-order valence-corrected chi connectivity index (χ1v) is 4.16. The third kappa shape index (κ3) is 2.29. The number of hydrogen-bond donors (Lipinski definition) is 1. The van der Waals surface area contributed by atoms with Crippen molar-refractivity contribution in [1.29, 1.82) is 0 Å². The summed E-state index contributed by atoms with van der Waals surface area (Å²) in [6.45, 7) is 1.05. The van der Waals surface area contributed by atoms with Crippen molar-refractivity contribution in [1.82, 2.24) is 4.90 Å². The molecule has 1 heterocycles. The lowest BCUT2D eigenvalue weighted by Crippen LogP contribution is -2.48. The van der Waals surface area contributed by atoms with Gasteiger partial charge in [0.2, 0.25) is 0 Å². The number of nitrogens with zero attached hydrogens (tertiary/aromatic N) is 1. The molecule has 0 radical (unpaired) electrons. The molecule has 0 aromatic rings. The van der Waals surface area contributed by atoms with Crippen LogP contribution >= 0.6 is 0 Å². The number of carboxylic acid groups (broad SMARTS) is 1. The number of ether oxygens (including phenoxy) is 1. The van der Waals surface area contributed by atoms with Gasteiger partial charge in [0.05, 0.1) is 5.92 Å². The zero-order valence-electron chi connectivity index (χ0n) is 7.73. The van der Waals surface area contributed by atoms with Gasteiger partial charge < -0.3 is 9.84 Å². The summed E-state index contributed by atoms with van der Waals surface area (Å²) in [7, 11) is 0. The van der Waals surface area contributed by atoms with Crippen molar-refractivity contribution in [3.63, 3.8) is 0 Å². The summed E-state index contributed by atoms with van der Waals surface area (Å²) in [4.78, 5) is 33.7. The highest BCUT2D eigenvalue weighted by atomic mass is 16.5. The van der Waals surface area contributed by atoms with Crippen molar-refractivity contribution in [2.45, 2.75) is 6.92 Å². The van der Waals surface area contributed by atoms with Crippen LogP contribution in [0.25, 0.3) is 0 Å². The van der Waals surface area contributed by atoms with Crippen molar-refractivity contribution in [2.24, 2.45) is 5.92 Å². The molecule has 0 aliphatic carbocycles. The molecule has 0 saturated carbocycles. The minimum Gasteiger partial charge on any atom is -0.481 e. The highest BCUT2D eigenvalue weighted by Crippen LogP contribution is 2.05. The molecule has 1 aliphatic heterocycles. The molecule has 1 saturated heterocycles. The molecule has 6 heteroatoms. The molecule has 0 bridgehead atoms. The molecule has 0 spiro atoms. The standard InChI is InChI=1S/C8H11NO5/c1-5(8(12)13)2-9-6(10)3-14-4-7(9)11/h5H,2-4H2,1H3,(H,12,13). The number of imide groups is 1. The largest absolute Gasteiger partial charge is 0.481 e. The predicted molar refractivity (Wildman–Crippen MR) is 44.3 cm³/mol. The molecule has 6 nitrogen and oxygen atoms in total. The van der Waals surface area contributed by atoms with Crippen molar-refractivity contribution in [3.05, 3.63) is 0 Å². The number of carbonyl (C=O) groups is 3. The van der Waals surface area contributed by atoms with Crippen LogP contribution < -0.4 is 0 Å². The van der Waals surface area contributed by atoms with Crippen LogP contribution in [0.4, 0.5) is 0 Å². The fourth-order valence-corrected chi connectivity index (χ4v) is 1.08. The average molecular weight is 201 g/mol. The lowest BCUT2D eigenvalue weighted by atomic mass is 10.1. The lowest BCUT2D eigenvalue weighted by Gasteiger charge is -2.26. The third-order valence-electron chi connectivity index (χ3n) is 1.93. The van der Waals surface area contributed by atoms with Crippen LogP contribution in [-0.4, -0.2) is 47.5 Å². The first-order valence-electron chi connectivity index (χ1n) is 4.16. The Morgan fingerprint density at radius 2 is 2.00 bits per heavy atom. The van der Waals surface area contributed by atoms with Crippen LogP contribution in [0.5, 0.6) is 0 Å². The van der Waals surface area contributed by atoms with Crippen LogP contribution in [0.3, 0.4) is 0 Å². The number of aliphatic carboxylic acids is 1. The number of carbonyl (C=O) groups excluding carboxylic acids is 2. The maximum Gasteiger partial charge on any atom is 0.308 e. The number of rotatable bonds is 3. The fraction of sp³-hybridized carbons (Fsp3) is 0.625. The molecule has 1 rings (SSSR count). The molecule has 0 aromatic heterocycles. The van der Waals surface area contributed by atoms with E-state index in [0.29, 0.717) is 0 Å². The smallest absolute Gasteiger partial charge is 0.308 e. The summed E-state index contributed by atoms with van der Waals surface area (Å²) in [5, 5.41) is 8.60. The first kappa shape index (κ1) is 10.6. The van der Waals surface area contributed by atoms with Gasteiger partial charge in [-0.2, -0.15) is 0 Å². The molecular formula is C8H11NO5. The predicted octanol–water partition coefficient (Wildman–Crippen LogP) is -0.907. The van der Waals surface area contributed by atoms with Crippen molar-refractivity contribution in [3.8, 4) is 0 Å². The Bertz CT molecular complexity index is 259. The Labute approximate surface area is 80.4 Å².